The van der Waals surface area contributed by atoms with Crippen molar-refractivity contribution < 1.29 is 13.7 Å². The summed E-state index contributed by atoms with van der Waals surface area (Å²) in [6, 6.07) is 8.09. The summed E-state index contributed by atoms with van der Waals surface area (Å²) in [5, 5.41) is 7.41. The molecule has 24 heavy (non-hydrogen) atoms. The lowest BCUT2D eigenvalue weighted by Gasteiger charge is -2.05. The highest BCUT2D eigenvalue weighted by molar-refractivity contribution is 5.93. The zero-order chi connectivity index (χ0) is 17.1. The number of benzene rings is 1. The minimum atomic E-state index is -0.403. The molecule has 0 radical (unpaired) electrons. The fourth-order valence-electron chi connectivity index (χ4n) is 2.20. The van der Waals surface area contributed by atoms with Crippen molar-refractivity contribution in [3.63, 3.8) is 0 Å². The third-order valence-corrected chi connectivity index (χ3v) is 3.47. The molecule has 0 spiro atoms. The molecule has 1 amide bonds. The third-order valence-electron chi connectivity index (χ3n) is 3.47. The molecule has 0 aliphatic carbocycles. The molecule has 0 aliphatic heterocycles. The summed E-state index contributed by atoms with van der Waals surface area (Å²) in [5.74, 6) is 1.13. The van der Waals surface area contributed by atoms with Gasteiger partial charge in [0.25, 0.3) is 0 Å². The van der Waals surface area contributed by atoms with Gasteiger partial charge in [-0.1, -0.05) is 19.0 Å². The lowest BCUT2D eigenvalue weighted by Crippen LogP contribution is -2.12. The second kappa shape index (κ2) is 6.66. The predicted octanol–water partition coefficient (Wildman–Crippen LogP) is 2.87. The quantitative estimate of drug-likeness (QED) is 0.724. The Bertz CT molecular complexity index is 927. The Labute approximate surface area is 137 Å². The number of carbonyl (C=O) groups excluding carboxylic acids is 1. The fourth-order valence-corrected chi connectivity index (χ4v) is 2.20. The second-order valence-corrected chi connectivity index (χ2v) is 5.76. The Morgan fingerprint density at radius 2 is 2.08 bits per heavy atom. The van der Waals surface area contributed by atoms with E-state index < -0.39 is 5.63 Å². The van der Waals surface area contributed by atoms with Gasteiger partial charge in [-0.2, -0.15) is 4.98 Å². The van der Waals surface area contributed by atoms with E-state index in [1.165, 1.54) is 6.07 Å². The van der Waals surface area contributed by atoms with E-state index in [1.54, 1.807) is 24.3 Å². The van der Waals surface area contributed by atoms with Gasteiger partial charge in [-0.05, 0) is 24.3 Å². The SMILES string of the molecule is CC(C)c1noc(CCC(=O)Nc2ccc3oc(=O)ccc3c2)n1. The molecule has 0 saturated heterocycles. The molecule has 7 nitrogen and oxygen atoms in total. The number of amides is 1. The number of hydrogen-bond acceptors (Lipinski definition) is 6. The molecule has 124 valence electrons. The van der Waals surface area contributed by atoms with Gasteiger partial charge in [0.1, 0.15) is 5.58 Å². The van der Waals surface area contributed by atoms with Crippen LogP contribution in [0.2, 0.25) is 0 Å². The van der Waals surface area contributed by atoms with Crippen LogP contribution in [0, 0.1) is 0 Å². The van der Waals surface area contributed by atoms with E-state index in [2.05, 4.69) is 15.5 Å². The van der Waals surface area contributed by atoms with Gasteiger partial charge in [0.2, 0.25) is 11.8 Å². The van der Waals surface area contributed by atoms with Crippen molar-refractivity contribution in [3.05, 3.63) is 52.5 Å². The van der Waals surface area contributed by atoms with Crippen molar-refractivity contribution in [1.29, 1.82) is 0 Å². The summed E-state index contributed by atoms with van der Waals surface area (Å²) < 4.78 is 10.2. The van der Waals surface area contributed by atoms with Gasteiger partial charge in [-0.25, -0.2) is 4.79 Å². The fraction of sp³-hybridized carbons (Fsp3) is 0.294. The molecule has 0 atom stereocenters. The molecular weight excluding hydrogens is 310 g/mol. The summed E-state index contributed by atoms with van der Waals surface area (Å²) in [7, 11) is 0. The van der Waals surface area contributed by atoms with Crippen LogP contribution in [0.4, 0.5) is 5.69 Å². The first kappa shape index (κ1) is 15.9. The van der Waals surface area contributed by atoms with Gasteiger partial charge in [0.05, 0.1) is 0 Å². The van der Waals surface area contributed by atoms with Gasteiger partial charge in [0.15, 0.2) is 5.82 Å². The first-order valence-electron chi connectivity index (χ1n) is 7.67. The maximum Gasteiger partial charge on any atom is 0.336 e. The highest BCUT2D eigenvalue weighted by Gasteiger charge is 2.11. The molecule has 0 bridgehead atoms. The summed E-state index contributed by atoms with van der Waals surface area (Å²) >= 11 is 0. The molecule has 2 heterocycles. The maximum absolute atomic E-state index is 12.0. The van der Waals surface area contributed by atoms with Crippen LogP contribution in [0.15, 0.2) is 44.1 Å². The van der Waals surface area contributed by atoms with E-state index in [4.69, 9.17) is 8.94 Å². The number of carbonyl (C=O) groups is 1. The van der Waals surface area contributed by atoms with Crippen LogP contribution in [0.5, 0.6) is 0 Å². The minimum absolute atomic E-state index is 0.156. The summed E-state index contributed by atoms with van der Waals surface area (Å²) in [5.41, 5.74) is 0.710. The zero-order valence-corrected chi connectivity index (χ0v) is 13.4. The first-order chi connectivity index (χ1) is 11.5. The van der Waals surface area contributed by atoms with Gasteiger partial charge >= 0.3 is 5.63 Å². The summed E-state index contributed by atoms with van der Waals surface area (Å²) in [6.45, 7) is 3.95. The summed E-state index contributed by atoms with van der Waals surface area (Å²) in [6.07, 6.45) is 0.621. The van der Waals surface area contributed by atoms with Crippen LogP contribution in [-0.2, 0) is 11.2 Å². The van der Waals surface area contributed by atoms with Crippen LogP contribution in [-0.4, -0.2) is 16.0 Å². The number of aromatic nitrogens is 2. The highest BCUT2D eigenvalue weighted by atomic mass is 16.5. The monoisotopic (exact) mass is 327 g/mol. The van der Waals surface area contributed by atoms with Crippen LogP contribution >= 0.6 is 0 Å². The van der Waals surface area contributed by atoms with Crippen molar-refractivity contribution in [2.75, 3.05) is 5.32 Å². The van der Waals surface area contributed by atoms with Crippen molar-refractivity contribution >= 4 is 22.6 Å². The number of nitrogens with one attached hydrogen (secondary N) is 1. The Kier molecular flexibility index (Phi) is 4.41. The van der Waals surface area contributed by atoms with Crippen LogP contribution in [0.25, 0.3) is 11.0 Å². The molecule has 0 aliphatic rings. The molecule has 0 saturated carbocycles. The average molecular weight is 327 g/mol. The van der Waals surface area contributed by atoms with Crippen molar-refractivity contribution in [2.45, 2.75) is 32.6 Å². The van der Waals surface area contributed by atoms with Gasteiger partial charge in [0, 0.05) is 35.9 Å². The minimum Gasteiger partial charge on any atom is -0.423 e. The van der Waals surface area contributed by atoms with Crippen LogP contribution in [0.1, 0.15) is 37.9 Å². The number of fused-ring (bicyclic) bond motifs is 1. The number of nitrogens with zero attached hydrogens (tertiary/aromatic N) is 2. The van der Waals surface area contributed by atoms with E-state index in [9.17, 15) is 9.59 Å². The molecule has 1 aromatic carbocycles. The molecule has 3 aromatic rings. The maximum atomic E-state index is 12.0. The highest BCUT2D eigenvalue weighted by Crippen LogP contribution is 2.18. The van der Waals surface area contributed by atoms with Crippen LogP contribution < -0.4 is 10.9 Å². The average Bonchev–Trinajstić information content (AvgIpc) is 3.02. The number of rotatable bonds is 5. The normalized spacial score (nSPS) is 11.1. The topological polar surface area (TPSA) is 98.2 Å². The predicted molar refractivity (Wildman–Crippen MR) is 87.8 cm³/mol. The van der Waals surface area contributed by atoms with Gasteiger partial charge in [-0.15, -0.1) is 0 Å². The largest absolute Gasteiger partial charge is 0.423 e. The molecule has 2 aromatic heterocycles. The van der Waals surface area contributed by atoms with E-state index >= 15 is 0 Å². The number of hydrogen-bond donors (Lipinski definition) is 1. The van der Waals surface area contributed by atoms with Crippen molar-refractivity contribution in [3.8, 4) is 0 Å². The Morgan fingerprint density at radius 3 is 2.83 bits per heavy atom. The molecule has 1 N–H and O–H groups in total. The van der Waals surface area contributed by atoms with E-state index in [0.717, 1.165) is 5.39 Å². The van der Waals surface area contributed by atoms with Crippen molar-refractivity contribution in [2.24, 2.45) is 0 Å². The zero-order valence-electron chi connectivity index (χ0n) is 13.4. The lowest BCUT2D eigenvalue weighted by atomic mass is 10.2. The Hall–Kier alpha value is -2.96. The molecule has 3 rings (SSSR count). The van der Waals surface area contributed by atoms with Gasteiger partial charge < -0.3 is 14.3 Å². The molecule has 7 heteroatoms. The van der Waals surface area contributed by atoms with E-state index in [0.29, 0.717) is 29.4 Å². The number of aryl methyl sites for hydroxylation is 1. The standard InChI is InChI=1S/C17H17N3O4/c1-10(2)17-19-15(24-20-17)7-6-14(21)18-12-4-5-13-11(9-12)3-8-16(22)23-13/h3-5,8-10H,6-7H2,1-2H3,(H,18,21). The lowest BCUT2D eigenvalue weighted by molar-refractivity contribution is -0.116. The van der Waals surface area contributed by atoms with Gasteiger partial charge in [-0.3, -0.25) is 4.79 Å². The van der Waals surface area contributed by atoms with E-state index in [-0.39, 0.29) is 18.2 Å². The smallest absolute Gasteiger partial charge is 0.336 e. The molecular formula is C17H17N3O4. The number of anilines is 1. The van der Waals surface area contributed by atoms with Crippen LogP contribution in [0.3, 0.4) is 0 Å². The first-order valence-corrected chi connectivity index (χ1v) is 7.67. The Balaban J connectivity index is 1.61. The Morgan fingerprint density at radius 1 is 1.25 bits per heavy atom. The molecule has 0 unspecified atom stereocenters. The van der Waals surface area contributed by atoms with Crippen molar-refractivity contribution in [1.82, 2.24) is 10.1 Å². The third kappa shape index (κ3) is 3.68. The second-order valence-electron chi connectivity index (χ2n) is 5.76. The van der Waals surface area contributed by atoms with E-state index in [1.807, 2.05) is 13.8 Å². The molecule has 0 fully saturated rings. The summed E-state index contributed by atoms with van der Waals surface area (Å²) in [4.78, 5) is 27.4.